The van der Waals surface area contributed by atoms with Gasteiger partial charge in [0.15, 0.2) is 0 Å². The van der Waals surface area contributed by atoms with Crippen LogP contribution >= 0.6 is 0 Å². The van der Waals surface area contributed by atoms with Crippen LogP contribution in [-0.4, -0.2) is 33.3 Å². The van der Waals surface area contributed by atoms with Crippen LogP contribution in [0.3, 0.4) is 0 Å². The Bertz CT molecular complexity index is 15.1. The molecule has 0 aliphatic carbocycles. The van der Waals surface area contributed by atoms with Gasteiger partial charge >= 0.3 is 92.6 Å². The van der Waals surface area contributed by atoms with E-state index in [0.29, 0.717) is 0 Å². The Labute approximate surface area is 90.5 Å². The summed E-state index contributed by atoms with van der Waals surface area (Å²) in [6.45, 7) is 0. The standard InChI is InChI=1S/GeO2.GeH3.K/c2-1-3;;/h;1H3;/q-1;;+1. The summed E-state index contributed by atoms with van der Waals surface area (Å²) in [6.07, 6.45) is 0. The maximum absolute atomic E-state index is 8.50. The second-order valence-corrected chi connectivity index (χ2v) is 0.433. The van der Waals surface area contributed by atoms with Crippen LogP contribution in [0.25, 0.3) is 0 Å². The van der Waals surface area contributed by atoms with Crippen molar-refractivity contribution in [2.45, 2.75) is 0 Å². The van der Waals surface area contributed by atoms with E-state index in [1.807, 2.05) is 0 Å². The predicted octanol–water partition coefficient (Wildman–Crippen LogP) is -5.87. The summed E-state index contributed by atoms with van der Waals surface area (Å²) in [5, 5.41) is 0. The summed E-state index contributed by atoms with van der Waals surface area (Å²) in [5.41, 5.74) is 0. The molecule has 0 rings (SSSR count). The van der Waals surface area contributed by atoms with E-state index in [9.17, 15) is 0 Å². The van der Waals surface area contributed by atoms with Crippen molar-refractivity contribution in [1.29, 1.82) is 0 Å². The van der Waals surface area contributed by atoms with Gasteiger partial charge in [0.1, 0.15) is 0 Å². The fourth-order valence-electron chi connectivity index (χ4n) is 0. The zero-order chi connectivity index (χ0) is 2.71. The fourth-order valence-corrected chi connectivity index (χ4v) is 0. The van der Waals surface area contributed by atoms with Gasteiger partial charge in [-0.05, 0) is 0 Å². The van der Waals surface area contributed by atoms with Crippen LogP contribution in [-0.2, 0) is 3.78 Å². The van der Waals surface area contributed by atoms with Gasteiger partial charge in [0.2, 0.25) is 0 Å². The van der Waals surface area contributed by atoms with E-state index in [0.717, 1.165) is 0 Å². The summed E-state index contributed by atoms with van der Waals surface area (Å²) in [7, 11) is 0. The Morgan fingerprint density at radius 3 is 1.60 bits per heavy atom. The average Bonchev–Trinajstić information content (AvgIpc) is 0.918. The monoisotopic (exact) mass is 222 g/mol. The Morgan fingerprint density at radius 2 is 1.60 bits per heavy atom. The molecule has 24 valence electrons. The third kappa shape index (κ3) is 21.9. The summed E-state index contributed by atoms with van der Waals surface area (Å²) in [5.74, 6) is 0. The van der Waals surface area contributed by atoms with E-state index < -0.39 is 15.7 Å². The fraction of sp³-hybridized carbons (Fsp3) is 0. The van der Waals surface area contributed by atoms with Gasteiger partial charge in [0.25, 0.3) is 0 Å². The SMILES string of the molecule is [GeH3].[K+].[O]=[Ge][O-]. The van der Waals surface area contributed by atoms with Gasteiger partial charge in [0.05, 0.1) is 0 Å². The van der Waals surface area contributed by atoms with Crippen LogP contribution in [0.2, 0.25) is 0 Å². The molecule has 0 unspecified atom stereocenters. The molecule has 0 heterocycles. The van der Waals surface area contributed by atoms with Crippen molar-refractivity contribution in [2.75, 3.05) is 0 Å². The molecule has 0 aromatic carbocycles. The predicted molar refractivity (Wildman–Crippen MR) is 16.4 cm³/mol. The zero-order valence-electron chi connectivity index (χ0n) is 3.32. The molecule has 0 fully saturated rings. The molecule has 5 heteroatoms. The topological polar surface area (TPSA) is 40.1 Å². The van der Waals surface area contributed by atoms with Gasteiger partial charge in [-0.15, -0.1) is 0 Å². The summed E-state index contributed by atoms with van der Waals surface area (Å²) in [6, 6.07) is 0. The molecule has 2 radical (unpaired) electrons. The Kier molecular flexibility index (Phi) is 50.8. The van der Waals surface area contributed by atoms with Gasteiger partial charge < -0.3 is 0 Å². The zero-order valence-corrected chi connectivity index (χ0v) is 12.7. The third-order valence-electron chi connectivity index (χ3n) is 0. The van der Waals surface area contributed by atoms with Crippen molar-refractivity contribution in [3.8, 4) is 0 Å². The first-order chi connectivity index (χ1) is 1.41. The molecule has 0 aliphatic heterocycles. The van der Waals surface area contributed by atoms with E-state index in [1.165, 1.54) is 0 Å². The molecule has 0 amide bonds. The van der Waals surface area contributed by atoms with Crippen LogP contribution in [0.5, 0.6) is 0 Å². The maximum atomic E-state index is 8.50. The molecule has 0 saturated carbocycles. The molecule has 0 aliphatic rings. The molecular formula is H3Ge2KO2. The second-order valence-electron chi connectivity index (χ2n) is 0.0833. The molecule has 0 aromatic heterocycles. The number of hydrogen-bond donors (Lipinski definition) is 0. The van der Waals surface area contributed by atoms with Crippen LogP contribution in [0.4, 0.5) is 0 Å². The van der Waals surface area contributed by atoms with E-state index in [1.54, 1.807) is 0 Å². The molecule has 5 heavy (non-hydrogen) atoms. The molecule has 0 spiro atoms. The molecule has 0 N–H and O–H groups in total. The summed E-state index contributed by atoms with van der Waals surface area (Å²) >= 11 is -2.00. The van der Waals surface area contributed by atoms with Crippen molar-refractivity contribution in [1.82, 2.24) is 0 Å². The molecular weight excluding hydrogens is 216 g/mol. The average molecular weight is 219 g/mol. The number of rotatable bonds is 0. The second kappa shape index (κ2) is 16.2. The van der Waals surface area contributed by atoms with Crippen molar-refractivity contribution >= 4 is 33.3 Å². The quantitative estimate of drug-likeness (QED) is 0.381. The summed E-state index contributed by atoms with van der Waals surface area (Å²) in [4.78, 5) is 0. The third-order valence-corrected chi connectivity index (χ3v) is 0. The van der Waals surface area contributed by atoms with Crippen molar-refractivity contribution < 1.29 is 59.3 Å². The van der Waals surface area contributed by atoms with Crippen LogP contribution in [0, 0.1) is 0 Å². The molecule has 0 bridgehead atoms. The van der Waals surface area contributed by atoms with Crippen LogP contribution < -0.4 is 55.5 Å². The Morgan fingerprint density at radius 1 is 1.60 bits per heavy atom. The molecule has 0 aromatic rings. The van der Waals surface area contributed by atoms with Crippen molar-refractivity contribution in [2.24, 2.45) is 0 Å². The van der Waals surface area contributed by atoms with Gasteiger partial charge in [-0.2, -0.15) is 0 Å². The van der Waals surface area contributed by atoms with Gasteiger partial charge in [-0.3, -0.25) is 0 Å². The molecule has 0 atom stereocenters. The van der Waals surface area contributed by atoms with Crippen LogP contribution in [0.15, 0.2) is 0 Å². The number of hydrogen-bond acceptors (Lipinski definition) is 2. The normalized spacial score (nSPS) is 2.40. The Hall–Kier alpha value is 2.32. The van der Waals surface area contributed by atoms with Gasteiger partial charge in [-0.1, -0.05) is 0 Å². The molecule has 2 nitrogen and oxygen atoms in total. The van der Waals surface area contributed by atoms with Crippen molar-refractivity contribution in [3.63, 3.8) is 0 Å². The van der Waals surface area contributed by atoms with Crippen molar-refractivity contribution in [3.05, 3.63) is 0 Å². The van der Waals surface area contributed by atoms with E-state index in [2.05, 4.69) is 0 Å². The first-order valence-corrected chi connectivity index (χ1v) is 2.12. The molecule has 0 saturated heterocycles. The Balaban J connectivity index is -0.0000000200. The minimum absolute atomic E-state index is 0. The van der Waals surface area contributed by atoms with Crippen LogP contribution in [0.1, 0.15) is 0 Å². The first kappa shape index (κ1) is 15.7. The van der Waals surface area contributed by atoms with E-state index >= 15 is 0 Å². The van der Waals surface area contributed by atoms with Gasteiger partial charge in [-0.25, -0.2) is 0 Å². The minimum atomic E-state index is -2.00. The first-order valence-electron chi connectivity index (χ1n) is 0.408. The van der Waals surface area contributed by atoms with Gasteiger partial charge in [0, 0.05) is 0 Å². The van der Waals surface area contributed by atoms with E-state index in [4.69, 9.17) is 7.91 Å². The summed E-state index contributed by atoms with van der Waals surface area (Å²) < 4.78 is 17.0. The van der Waals surface area contributed by atoms with E-state index in [-0.39, 0.29) is 69.0 Å².